The van der Waals surface area contributed by atoms with Gasteiger partial charge in [-0.15, -0.1) is 0 Å². The fourth-order valence-electron chi connectivity index (χ4n) is 2.59. The van der Waals surface area contributed by atoms with E-state index in [-0.39, 0.29) is 0 Å². The Balaban J connectivity index is 1.90. The molecule has 0 radical (unpaired) electrons. The first kappa shape index (κ1) is 14.6. The molecular weight excluding hydrogens is 271 g/mol. The maximum atomic E-state index is 9.13. The molecule has 0 amide bonds. The van der Waals surface area contributed by atoms with Gasteiger partial charge in [0.2, 0.25) is 0 Å². The van der Waals surface area contributed by atoms with E-state index in [4.69, 9.17) is 10.0 Å². The minimum absolute atomic E-state index is 0.500. The minimum Gasteiger partial charge on any atom is -0.423 e. The van der Waals surface area contributed by atoms with Crippen LogP contribution in [0.1, 0.15) is 5.56 Å². The molecule has 3 aromatic carbocycles. The van der Waals surface area contributed by atoms with Crippen LogP contribution in [0.25, 0.3) is 22.3 Å². The SMILES string of the molecule is Cc1ccccc1-c1ccc(-c2ccc(B(O)O)cc2)cc1. The second-order valence-electron chi connectivity index (χ2n) is 5.39. The molecule has 0 unspecified atom stereocenters. The molecule has 2 nitrogen and oxygen atoms in total. The Morgan fingerprint density at radius 1 is 0.636 bits per heavy atom. The van der Waals surface area contributed by atoms with E-state index in [1.54, 1.807) is 12.1 Å². The maximum absolute atomic E-state index is 9.13. The van der Waals surface area contributed by atoms with Gasteiger partial charge >= 0.3 is 7.12 Å². The van der Waals surface area contributed by atoms with Crippen LogP contribution < -0.4 is 5.46 Å². The molecule has 0 saturated carbocycles. The van der Waals surface area contributed by atoms with Crippen LogP contribution in [0.15, 0.2) is 72.8 Å². The molecule has 3 heteroatoms. The summed E-state index contributed by atoms with van der Waals surface area (Å²) in [5.41, 5.74) is 6.37. The smallest absolute Gasteiger partial charge is 0.423 e. The molecule has 0 aliphatic carbocycles. The van der Waals surface area contributed by atoms with Crippen LogP contribution in [0.5, 0.6) is 0 Å². The molecule has 3 rings (SSSR count). The normalized spacial score (nSPS) is 10.5. The van der Waals surface area contributed by atoms with Crippen molar-refractivity contribution in [3.8, 4) is 22.3 Å². The molecule has 0 atom stereocenters. The van der Waals surface area contributed by atoms with Crippen LogP contribution in [-0.4, -0.2) is 17.2 Å². The van der Waals surface area contributed by atoms with Crippen molar-refractivity contribution in [3.05, 3.63) is 78.4 Å². The lowest BCUT2D eigenvalue weighted by Gasteiger charge is -2.08. The van der Waals surface area contributed by atoms with Gasteiger partial charge in [0.1, 0.15) is 0 Å². The number of rotatable bonds is 3. The van der Waals surface area contributed by atoms with Crippen molar-refractivity contribution in [1.29, 1.82) is 0 Å². The van der Waals surface area contributed by atoms with Crippen LogP contribution in [0.3, 0.4) is 0 Å². The summed E-state index contributed by atoms with van der Waals surface area (Å²) in [5, 5.41) is 18.3. The number of benzene rings is 3. The molecule has 108 valence electrons. The first-order valence-corrected chi connectivity index (χ1v) is 7.28. The lowest BCUT2D eigenvalue weighted by atomic mass is 9.80. The Bertz CT molecular complexity index is 762. The van der Waals surface area contributed by atoms with Crippen LogP contribution in [0.4, 0.5) is 0 Å². The van der Waals surface area contributed by atoms with E-state index in [1.807, 2.05) is 18.2 Å². The molecule has 0 heterocycles. The van der Waals surface area contributed by atoms with Crippen molar-refractivity contribution in [1.82, 2.24) is 0 Å². The molecule has 0 aromatic heterocycles. The largest absolute Gasteiger partial charge is 0.488 e. The van der Waals surface area contributed by atoms with Crippen molar-refractivity contribution in [2.24, 2.45) is 0 Å². The molecule has 22 heavy (non-hydrogen) atoms. The lowest BCUT2D eigenvalue weighted by molar-refractivity contribution is 0.426. The first-order chi connectivity index (χ1) is 10.6. The summed E-state index contributed by atoms with van der Waals surface area (Å²) in [4.78, 5) is 0. The van der Waals surface area contributed by atoms with E-state index >= 15 is 0 Å². The van der Waals surface area contributed by atoms with Gasteiger partial charge in [-0.2, -0.15) is 0 Å². The van der Waals surface area contributed by atoms with E-state index in [0.717, 1.165) is 11.1 Å². The number of hydrogen-bond acceptors (Lipinski definition) is 2. The van der Waals surface area contributed by atoms with Gasteiger partial charge in [0, 0.05) is 0 Å². The van der Waals surface area contributed by atoms with Crippen LogP contribution in [-0.2, 0) is 0 Å². The van der Waals surface area contributed by atoms with Gasteiger partial charge in [0.15, 0.2) is 0 Å². The Hall–Kier alpha value is -2.36. The molecular formula is C19H17BO2. The third-order valence-corrected chi connectivity index (χ3v) is 3.88. The Morgan fingerprint density at radius 3 is 1.68 bits per heavy atom. The third kappa shape index (κ3) is 2.96. The Labute approximate surface area is 130 Å². The topological polar surface area (TPSA) is 40.5 Å². The summed E-state index contributed by atoms with van der Waals surface area (Å²) in [6.07, 6.45) is 0. The summed E-state index contributed by atoms with van der Waals surface area (Å²) in [6.45, 7) is 2.11. The van der Waals surface area contributed by atoms with Gasteiger partial charge in [-0.3, -0.25) is 0 Å². The second kappa shape index (κ2) is 6.18. The maximum Gasteiger partial charge on any atom is 0.488 e. The molecule has 0 saturated heterocycles. The predicted molar refractivity (Wildman–Crippen MR) is 91.9 cm³/mol. The minimum atomic E-state index is -1.42. The summed E-state index contributed by atoms with van der Waals surface area (Å²) in [5.74, 6) is 0. The van der Waals surface area contributed by atoms with Gasteiger partial charge in [-0.05, 0) is 40.2 Å². The molecule has 0 spiro atoms. The fourth-order valence-corrected chi connectivity index (χ4v) is 2.59. The van der Waals surface area contributed by atoms with Crippen LogP contribution in [0.2, 0.25) is 0 Å². The van der Waals surface area contributed by atoms with Crippen molar-refractivity contribution in [3.63, 3.8) is 0 Å². The number of aryl methyl sites for hydroxylation is 1. The van der Waals surface area contributed by atoms with Gasteiger partial charge in [-0.1, -0.05) is 72.8 Å². The van der Waals surface area contributed by atoms with E-state index in [1.165, 1.54) is 16.7 Å². The highest BCUT2D eigenvalue weighted by Gasteiger charge is 2.10. The van der Waals surface area contributed by atoms with Gasteiger partial charge < -0.3 is 10.0 Å². The van der Waals surface area contributed by atoms with Gasteiger partial charge in [0.05, 0.1) is 0 Å². The average Bonchev–Trinajstić information content (AvgIpc) is 2.56. The summed E-state index contributed by atoms with van der Waals surface area (Å²) in [7, 11) is -1.42. The summed E-state index contributed by atoms with van der Waals surface area (Å²) in [6, 6.07) is 24.0. The van der Waals surface area contributed by atoms with Crippen molar-refractivity contribution < 1.29 is 10.0 Å². The zero-order valence-corrected chi connectivity index (χ0v) is 12.4. The highest BCUT2D eigenvalue weighted by molar-refractivity contribution is 6.58. The van der Waals surface area contributed by atoms with Crippen LogP contribution in [0, 0.1) is 6.92 Å². The zero-order valence-electron chi connectivity index (χ0n) is 12.4. The molecule has 0 aliphatic rings. The lowest BCUT2D eigenvalue weighted by Crippen LogP contribution is -2.29. The van der Waals surface area contributed by atoms with Crippen LogP contribution >= 0.6 is 0 Å². The Kier molecular flexibility index (Phi) is 4.10. The third-order valence-electron chi connectivity index (χ3n) is 3.88. The van der Waals surface area contributed by atoms with E-state index in [0.29, 0.717) is 5.46 Å². The molecule has 3 aromatic rings. The fraction of sp³-hybridized carbons (Fsp3) is 0.0526. The van der Waals surface area contributed by atoms with Gasteiger partial charge in [-0.25, -0.2) is 0 Å². The van der Waals surface area contributed by atoms with E-state index in [9.17, 15) is 0 Å². The monoisotopic (exact) mass is 288 g/mol. The van der Waals surface area contributed by atoms with E-state index < -0.39 is 7.12 Å². The summed E-state index contributed by atoms with van der Waals surface area (Å²) < 4.78 is 0. The predicted octanol–water partition coefficient (Wildman–Crippen LogP) is 3.01. The quantitative estimate of drug-likeness (QED) is 0.727. The second-order valence-corrected chi connectivity index (χ2v) is 5.39. The molecule has 2 N–H and O–H groups in total. The van der Waals surface area contributed by atoms with Gasteiger partial charge in [0.25, 0.3) is 0 Å². The average molecular weight is 288 g/mol. The summed E-state index contributed by atoms with van der Waals surface area (Å²) >= 11 is 0. The molecule has 0 aliphatic heterocycles. The van der Waals surface area contributed by atoms with Crippen molar-refractivity contribution >= 4 is 12.6 Å². The highest BCUT2D eigenvalue weighted by atomic mass is 16.4. The van der Waals surface area contributed by atoms with E-state index in [2.05, 4.69) is 49.4 Å². The molecule has 0 bridgehead atoms. The Morgan fingerprint density at radius 2 is 1.14 bits per heavy atom. The standard InChI is InChI=1S/C19H17BO2/c1-14-4-2-3-5-19(14)17-8-6-15(7-9-17)16-10-12-18(13-11-16)20(21)22/h2-13,21-22H,1H3. The zero-order chi connectivity index (χ0) is 15.5. The first-order valence-electron chi connectivity index (χ1n) is 7.28. The van der Waals surface area contributed by atoms with Crippen molar-refractivity contribution in [2.45, 2.75) is 6.92 Å². The number of hydrogen-bond donors (Lipinski definition) is 2. The highest BCUT2D eigenvalue weighted by Crippen LogP contribution is 2.26. The van der Waals surface area contributed by atoms with Crippen molar-refractivity contribution in [2.75, 3.05) is 0 Å². The molecule has 0 fully saturated rings.